The van der Waals surface area contributed by atoms with Crippen LogP contribution in [0.2, 0.25) is 0 Å². The minimum absolute atomic E-state index is 0.0918. The molecular formula is C22H21N3O5S. The van der Waals surface area contributed by atoms with Crippen LogP contribution in [0.1, 0.15) is 41.0 Å². The van der Waals surface area contributed by atoms with Crippen molar-refractivity contribution in [3.8, 4) is 0 Å². The third-order valence-corrected chi connectivity index (χ3v) is 5.52. The van der Waals surface area contributed by atoms with Crippen molar-refractivity contribution < 1.29 is 19.2 Å². The number of carbonyl (C=O) groups excluding carboxylic acids is 2. The Hall–Kier alpha value is -3.59. The highest BCUT2D eigenvalue weighted by molar-refractivity contribution is 7.14. The fraction of sp³-hybridized carbons (Fsp3) is 0.227. The van der Waals surface area contributed by atoms with Crippen LogP contribution in [0, 0.1) is 17.0 Å². The van der Waals surface area contributed by atoms with E-state index in [9.17, 15) is 19.7 Å². The first-order chi connectivity index (χ1) is 14.8. The van der Waals surface area contributed by atoms with Gasteiger partial charge in [-0.05, 0) is 37.1 Å². The van der Waals surface area contributed by atoms with E-state index in [-0.39, 0.29) is 23.8 Å². The molecule has 2 aromatic carbocycles. The highest BCUT2D eigenvalue weighted by Crippen LogP contribution is 2.29. The van der Waals surface area contributed by atoms with Gasteiger partial charge in [-0.3, -0.25) is 19.8 Å². The maximum Gasteiger partial charge on any atom is 0.338 e. The van der Waals surface area contributed by atoms with Gasteiger partial charge in [-0.2, -0.15) is 0 Å². The van der Waals surface area contributed by atoms with Crippen LogP contribution < -0.4 is 4.90 Å². The van der Waals surface area contributed by atoms with E-state index in [2.05, 4.69) is 11.9 Å². The van der Waals surface area contributed by atoms with Crippen LogP contribution in [0.4, 0.5) is 16.5 Å². The average molecular weight is 439 g/mol. The lowest BCUT2D eigenvalue weighted by molar-refractivity contribution is -0.385. The number of nitro groups is 1. The molecule has 0 N–H and O–H groups in total. The number of ether oxygens (including phenoxy) is 1. The molecule has 1 heterocycles. The van der Waals surface area contributed by atoms with E-state index in [0.29, 0.717) is 22.1 Å². The molecule has 9 heteroatoms. The summed E-state index contributed by atoms with van der Waals surface area (Å²) in [6.45, 7) is 5.00. The molecule has 0 spiro atoms. The molecule has 0 aliphatic heterocycles. The van der Waals surface area contributed by atoms with Crippen molar-refractivity contribution in [3.63, 3.8) is 0 Å². The fourth-order valence-electron chi connectivity index (χ4n) is 2.93. The third-order valence-electron chi connectivity index (χ3n) is 4.64. The zero-order valence-electron chi connectivity index (χ0n) is 17.3. The van der Waals surface area contributed by atoms with Gasteiger partial charge in [0.05, 0.1) is 21.9 Å². The van der Waals surface area contributed by atoms with Crippen molar-refractivity contribution in [2.75, 3.05) is 4.90 Å². The Balaban J connectivity index is 1.72. The van der Waals surface area contributed by atoms with Crippen molar-refractivity contribution in [2.45, 2.75) is 33.8 Å². The normalized spacial score (nSPS) is 10.5. The van der Waals surface area contributed by atoms with Gasteiger partial charge in [-0.25, -0.2) is 9.78 Å². The van der Waals surface area contributed by atoms with Crippen LogP contribution in [-0.4, -0.2) is 21.8 Å². The maximum absolute atomic E-state index is 12.3. The number of thiazole rings is 1. The number of nitro benzene ring substituents is 1. The van der Waals surface area contributed by atoms with Gasteiger partial charge in [0, 0.05) is 23.9 Å². The van der Waals surface area contributed by atoms with E-state index in [0.717, 1.165) is 12.0 Å². The number of amides is 1. The Kier molecular flexibility index (Phi) is 6.76. The van der Waals surface area contributed by atoms with Gasteiger partial charge < -0.3 is 4.74 Å². The van der Waals surface area contributed by atoms with Crippen molar-refractivity contribution in [2.24, 2.45) is 0 Å². The number of nitrogens with zero attached hydrogens (tertiary/aromatic N) is 3. The molecule has 1 aromatic heterocycles. The molecule has 0 bridgehead atoms. The van der Waals surface area contributed by atoms with Crippen LogP contribution in [0.25, 0.3) is 0 Å². The van der Waals surface area contributed by atoms with Crippen LogP contribution >= 0.6 is 11.3 Å². The Labute approximate surface area is 183 Å². The predicted molar refractivity (Wildman–Crippen MR) is 118 cm³/mol. The van der Waals surface area contributed by atoms with E-state index < -0.39 is 10.9 Å². The largest absolute Gasteiger partial charge is 0.456 e. The summed E-state index contributed by atoms with van der Waals surface area (Å²) in [4.78, 5) is 41.0. The van der Waals surface area contributed by atoms with Gasteiger partial charge in [0.1, 0.15) is 6.61 Å². The maximum atomic E-state index is 12.3. The second-order valence-corrected chi connectivity index (χ2v) is 7.67. The summed E-state index contributed by atoms with van der Waals surface area (Å²) in [5, 5.41) is 13.2. The van der Waals surface area contributed by atoms with E-state index in [1.807, 2.05) is 24.3 Å². The van der Waals surface area contributed by atoms with E-state index in [1.54, 1.807) is 12.3 Å². The van der Waals surface area contributed by atoms with E-state index in [1.165, 1.54) is 41.4 Å². The topological polar surface area (TPSA) is 103 Å². The Morgan fingerprint density at radius 1 is 1.19 bits per heavy atom. The van der Waals surface area contributed by atoms with Gasteiger partial charge in [0.15, 0.2) is 5.13 Å². The highest BCUT2D eigenvalue weighted by Gasteiger charge is 2.19. The molecule has 0 fully saturated rings. The van der Waals surface area contributed by atoms with E-state index in [4.69, 9.17) is 4.74 Å². The monoisotopic (exact) mass is 439 g/mol. The molecule has 0 aliphatic rings. The summed E-state index contributed by atoms with van der Waals surface area (Å²) in [5.74, 6) is -0.870. The zero-order valence-corrected chi connectivity index (χ0v) is 18.1. The molecular weight excluding hydrogens is 418 g/mol. The second-order valence-electron chi connectivity index (χ2n) is 6.83. The summed E-state index contributed by atoms with van der Waals surface area (Å²) in [5.41, 5.74) is 2.75. The van der Waals surface area contributed by atoms with Crippen molar-refractivity contribution >= 4 is 39.7 Å². The molecule has 31 heavy (non-hydrogen) atoms. The number of hydrogen-bond donors (Lipinski definition) is 0. The first kappa shape index (κ1) is 22.1. The lowest BCUT2D eigenvalue weighted by Crippen LogP contribution is -2.22. The second kappa shape index (κ2) is 9.48. The first-order valence-corrected chi connectivity index (χ1v) is 10.4. The lowest BCUT2D eigenvalue weighted by Gasteiger charge is -2.18. The van der Waals surface area contributed by atoms with Gasteiger partial charge >= 0.3 is 5.97 Å². The SMILES string of the molecule is CCc1ccc(N(C(C)=O)c2nc(COC(=O)c3ccc(C)c([N+](=O)[O-])c3)cs2)cc1. The molecule has 160 valence electrons. The summed E-state index contributed by atoms with van der Waals surface area (Å²) in [6, 6.07) is 11.8. The smallest absolute Gasteiger partial charge is 0.338 e. The molecule has 1 amide bonds. The van der Waals surface area contributed by atoms with Crippen molar-refractivity contribution in [3.05, 3.63) is 80.3 Å². The number of hydrogen-bond acceptors (Lipinski definition) is 7. The number of aromatic nitrogens is 1. The van der Waals surface area contributed by atoms with Gasteiger partial charge in [0.25, 0.3) is 5.69 Å². The summed E-state index contributed by atoms with van der Waals surface area (Å²) >= 11 is 1.26. The number of carbonyl (C=O) groups is 2. The van der Waals surface area contributed by atoms with Gasteiger partial charge in [0.2, 0.25) is 5.91 Å². The standard InChI is InChI=1S/C22H21N3O5S/c1-4-16-6-9-19(10-7-16)24(15(3)26)22-23-18(13-31-22)12-30-21(27)17-8-5-14(2)20(11-17)25(28)29/h5-11,13H,4,12H2,1-3H3. The van der Waals surface area contributed by atoms with Gasteiger partial charge in [-0.15, -0.1) is 11.3 Å². The van der Waals surface area contributed by atoms with Crippen LogP contribution in [0.3, 0.4) is 0 Å². The Morgan fingerprint density at radius 3 is 2.52 bits per heavy atom. The quantitative estimate of drug-likeness (QED) is 0.293. The number of benzene rings is 2. The molecule has 0 radical (unpaired) electrons. The number of rotatable bonds is 7. The molecule has 3 rings (SSSR count). The number of esters is 1. The molecule has 0 unspecified atom stereocenters. The lowest BCUT2D eigenvalue weighted by atomic mass is 10.1. The third kappa shape index (κ3) is 5.13. The number of aryl methyl sites for hydroxylation is 2. The highest BCUT2D eigenvalue weighted by atomic mass is 32.1. The minimum Gasteiger partial charge on any atom is -0.456 e. The first-order valence-electron chi connectivity index (χ1n) is 9.56. The minimum atomic E-state index is -0.684. The zero-order chi connectivity index (χ0) is 22.5. The molecule has 0 saturated heterocycles. The van der Waals surface area contributed by atoms with Gasteiger partial charge in [-0.1, -0.05) is 25.1 Å². The van der Waals surface area contributed by atoms with Crippen LogP contribution in [-0.2, 0) is 22.6 Å². The Bertz CT molecular complexity index is 1120. The average Bonchev–Trinajstić information content (AvgIpc) is 3.21. The molecule has 0 atom stereocenters. The van der Waals surface area contributed by atoms with Crippen LogP contribution in [0.5, 0.6) is 0 Å². The number of anilines is 2. The summed E-state index contributed by atoms with van der Waals surface area (Å²) < 4.78 is 5.26. The van der Waals surface area contributed by atoms with Crippen molar-refractivity contribution in [1.29, 1.82) is 0 Å². The predicted octanol–water partition coefficient (Wildman–Crippen LogP) is 4.96. The molecule has 3 aromatic rings. The molecule has 0 aliphatic carbocycles. The van der Waals surface area contributed by atoms with E-state index >= 15 is 0 Å². The molecule has 8 nitrogen and oxygen atoms in total. The van der Waals surface area contributed by atoms with Crippen molar-refractivity contribution in [1.82, 2.24) is 4.98 Å². The fourth-order valence-corrected chi connectivity index (χ4v) is 3.80. The summed E-state index contributed by atoms with van der Waals surface area (Å²) in [7, 11) is 0. The van der Waals surface area contributed by atoms with Crippen LogP contribution in [0.15, 0.2) is 47.8 Å². The molecule has 0 saturated carbocycles. The summed E-state index contributed by atoms with van der Waals surface area (Å²) in [6.07, 6.45) is 0.900. The Morgan fingerprint density at radius 2 is 1.90 bits per heavy atom.